The molecule has 4 nitrogen and oxygen atoms in total. The number of hydrogen-bond donors (Lipinski definition) is 0. The van der Waals surface area contributed by atoms with Gasteiger partial charge < -0.3 is 4.90 Å². The van der Waals surface area contributed by atoms with Crippen molar-refractivity contribution >= 4 is 28.8 Å². The van der Waals surface area contributed by atoms with Crippen LogP contribution in [0.5, 0.6) is 0 Å². The normalized spacial score (nSPS) is 16.9. The van der Waals surface area contributed by atoms with Gasteiger partial charge in [-0.05, 0) is 56.9 Å². The van der Waals surface area contributed by atoms with Gasteiger partial charge in [0.05, 0.1) is 27.5 Å². The van der Waals surface area contributed by atoms with Crippen molar-refractivity contribution in [3.05, 3.63) is 70.3 Å². The summed E-state index contributed by atoms with van der Waals surface area (Å²) in [6.45, 7) is 8.29. The first-order chi connectivity index (χ1) is 13.6. The Labute approximate surface area is 172 Å². The molecule has 0 N–H and O–H groups in total. The summed E-state index contributed by atoms with van der Waals surface area (Å²) in [7, 11) is 0. The van der Waals surface area contributed by atoms with E-state index in [1.54, 1.807) is 12.4 Å². The molecule has 0 unspecified atom stereocenters. The standard InChI is InChI=1S/C23H27ClN4/c1-4-17(3)14-19(24)23(28-12-6-7-13-28)20(5-2)27-16-18-8-9-21-22(15-18)26-11-10-25-21/h5,8-11,14-16H,4,6-7,12-13H2,1-3H3/b17-14+,20-5+,23-19-,27-16?. The lowest BCUT2D eigenvalue weighted by molar-refractivity contribution is 0.432. The minimum Gasteiger partial charge on any atom is -0.369 e. The van der Waals surface area contributed by atoms with E-state index in [-0.39, 0.29) is 0 Å². The largest absolute Gasteiger partial charge is 0.369 e. The van der Waals surface area contributed by atoms with Crippen LogP contribution in [0.2, 0.25) is 0 Å². The second-order valence-electron chi connectivity index (χ2n) is 6.97. The van der Waals surface area contributed by atoms with E-state index in [4.69, 9.17) is 16.6 Å². The SMILES string of the molecule is C\C=C(N=Cc1ccc2nccnc2c1)/C(=C(Cl)\C=C(/C)CC)N1CCCC1. The molecule has 0 bridgehead atoms. The molecule has 1 aromatic heterocycles. The maximum Gasteiger partial charge on any atom is 0.0893 e. The van der Waals surface area contributed by atoms with Crippen molar-refractivity contribution in [3.63, 3.8) is 0 Å². The molecule has 1 fully saturated rings. The summed E-state index contributed by atoms with van der Waals surface area (Å²) in [4.78, 5) is 15.8. The molecule has 2 heterocycles. The van der Waals surface area contributed by atoms with Crippen molar-refractivity contribution in [3.8, 4) is 0 Å². The highest BCUT2D eigenvalue weighted by Crippen LogP contribution is 2.29. The molecule has 146 valence electrons. The number of benzene rings is 1. The second kappa shape index (κ2) is 9.65. The Balaban J connectivity index is 1.95. The van der Waals surface area contributed by atoms with Crippen LogP contribution in [-0.4, -0.2) is 34.2 Å². The first-order valence-electron chi connectivity index (χ1n) is 9.85. The molecule has 1 aromatic carbocycles. The summed E-state index contributed by atoms with van der Waals surface area (Å²) in [6, 6.07) is 5.98. The Hall–Kier alpha value is -2.46. The average molecular weight is 395 g/mol. The maximum atomic E-state index is 6.76. The summed E-state index contributed by atoms with van der Waals surface area (Å²) in [6.07, 6.45) is 12.7. The fraction of sp³-hybridized carbons (Fsp3) is 0.348. The zero-order chi connectivity index (χ0) is 19.9. The minimum absolute atomic E-state index is 0.760. The van der Waals surface area contributed by atoms with Crippen molar-refractivity contribution in [2.24, 2.45) is 4.99 Å². The van der Waals surface area contributed by atoms with E-state index in [1.165, 1.54) is 18.4 Å². The van der Waals surface area contributed by atoms with E-state index < -0.39 is 0 Å². The highest BCUT2D eigenvalue weighted by Gasteiger charge is 2.20. The first kappa shape index (κ1) is 20.3. The highest BCUT2D eigenvalue weighted by molar-refractivity contribution is 6.31. The molecular formula is C23H27ClN4. The summed E-state index contributed by atoms with van der Waals surface area (Å²) < 4.78 is 0. The van der Waals surface area contributed by atoms with E-state index in [0.29, 0.717) is 0 Å². The topological polar surface area (TPSA) is 41.4 Å². The zero-order valence-electron chi connectivity index (χ0n) is 16.8. The zero-order valence-corrected chi connectivity index (χ0v) is 17.6. The third-order valence-electron chi connectivity index (χ3n) is 4.94. The Morgan fingerprint density at radius 1 is 1.18 bits per heavy atom. The summed E-state index contributed by atoms with van der Waals surface area (Å²) in [5.41, 5.74) is 5.91. The van der Waals surface area contributed by atoms with Gasteiger partial charge in [0.25, 0.3) is 0 Å². The fourth-order valence-corrected chi connectivity index (χ4v) is 3.64. The van der Waals surface area contributed by atoms with Crippen LogP contribution in [0.3, 0.4) is 0 Å². The predicted octanol–water partition coefficient (Wildman–Crippen LogP) is 5.86. The van der Waals surface area contributed by atoms with Gasteiger partial charge in [-0.1, -0.05) is 36.2 Å². The molecule has 0 spiro atoms. The van der Waals surface area contributed by atoms with Crippen molar-refractivity contribution in [2.45, 2.75) is 40.0 Å². The maximum absolute atomic E-state index is 6.76. The first-order valence-corrected chi connectivity index (χ1v) is 10.2. The lowest BCUT2D eigenvalue weighted by atomic mass is 10.1. The van der Waals surface area contributed by atoms with E-state index in [1.807, 2.05) is 37.4 Å². The highest BCUT2D eigenvalue weighted by atomic mass is 35.5. The molecule has 0 aliphatic carbocycles. The lowest BCUT2D eigenvalue weighted by Crippen LogP contribution is -2.20. The molecular weight excluding hydrogens is 368 g/mol. The number of aromatic nitrogens is 2. The van der Waals surface area contributed by atoms with Gasteiger partial charge in [-0.25, -0.2) is 0 Å². The van der Waals surface area contributed by atoms with Crippen LogP contribution in [0.1, 0.15) is 45.6 Å². The van der Waals surface area contributed by atoms with Gasteiger partial charge in [0, 0.05) is 31.7 Å². The predicted molar refractivity (Wildman–Crippen MR) is 119 cm³/mol. The molecule has 28 heavy (non-hydrogen) atoms. The smallest absolute Gasteiger partial charge is 0.0893 e. The Bertz CT molecular complexity index is 950. The van der Waals surface area contributed by atoms with Crippen LogP contribution >= 0.6 is 11.6 Å². The molecule has 1 aliphatic rings. The second-order valence-corrected chi connectivity index (χ2v) is 7.38. The van der Waals surface area contributed by atoms with Gasteiger partial charge in [0.1, 0.15) is 0 Å². The molecule has 0 radical (unpaired) electrons. The third-order valence-corrected chi connectivity index (χ3v) is 5.23. The number of aliphatic imine (C=N–C) groups is 1. The molecule has 2 aromatic rings. The number of allylic oxidation sites excluding steroid dienone is 4. The quantitative estimate of drug-likeness (QED) is 0.455. The Kier molecular flexibility index (Phi) is 6.99. The Morgan fingerprint density at radius 2 is 1.89 bits per heavy atom. The van der Waals surface area contributed by atoms with Crippen LogP contribution in [0.4, 0.5) is 0 Å². The molecule has 0 saturated carbocycles. The van der Waals surface area contributed by atoms with E-state index in [0.717, 1.165) is 52.5 Å². The lowest BCUT2D eigenvalue weighted by Gasteiger charge is -2.23. The average Bonchev–Trinajstić information content (AvgIpc) is 3.24. The monoisotopic (exact) mass is 394 g/mol. The van der Waals surface area contributed by atoms with E-state index in [2.05, 4.69) is 34.8 Å². The fourth-order valence-electron chi connectivity index (χ4n) is 3.24. The van der Waals surface area contributed by atoms with E-state index >= 15 is 0 Å². The minimum atomic E-state index is 0.760. The van der Waals surface area contributed by atoms with Crippen LogP contribution in [0.25, 0.3) is 11.0 Å². The molecule has 0 atom stereocenters. The number of nitrogens with zero attached hydrogens (tertiary/aromatic N) is 4. The summed E-state index contributed by atoms with van der Waals surface area (Å²) in [5, 5.41) is 0.760. The van der Waals surface area contributed by atoms with Crippen LogP contribution in [0.15, 0.2) is 69.7 Å². The van der Waals surface area contributed by atoms with Crippen LogP contribution in [0, 0.1) is 0 Å². The number of hydrogen-bond acceptors (Lipinski definition) is 4. The summed E-state index contributed by atoms with van der Waals surface area (Å²) in [5.74, 6) is 0. The molecule has 1 saturated heterocycles. The number of fused-ring (bicyclic) bond motifs is 1. The van der Waals surface area contributed by atoms with Gasteiger partial charge in [-0.15, -0.1) is 0 Å². The van der Waals surface area contributed by atoms with E-state index in [9.17, 15) is 0 Å². The third kappa shape index (κ3) is 4.87. The van der Waals surface area contributed by atoms with Gasteiger partial charge >= 0.3 is 0 Å². The van der Waals surface area contributed by atoms with Gasteiger partial charge in [-0.3, -0.25) is 15.0 Å². The van der Waals surface area contributed by atoms with Crippen molar-refractivity contribution in [1.29, 1.82) is 0 Å². The van der Waals surface area contributed by atoms with Crippen molar-refractivity contribution < 1.29 is 0 Å². The molecule has 3 rings (SSSR count). The van der Waals surface area contributed by atoms with Crippen molar-refractivity contribution in [2.75, 3.05) is 13.1 Å². The number of likely N-dealkylation sites (tertiary alicyclic amines) is 1. The Morgan fingerprint density at radius 3 is 2.57 bits per heavy atom. The number of halogens is 1. The van der Waals surface area contributed by atoms with Crippen LogP contribution < -0.4 is 0 Å². The van der Waals surface area contributed by atoms with Gasteiger partial charge in [-0.2, -0.15) is 0 Å². The molecule has 5 heteroatoms. The summed E-state index contributed by atoms with van der Waals surface area (Å²) >= 11 is 6.76. The van der Waals surface area contributed by atoms with Crippen molar-refractivity contribution in [1.82, 2.24) is 14.9 Å². The van der Waals surface area contributed by atoms with Gasteiger partial charge in [0.2, 0.25) is 0 Å². The number of rotatable bonds is 6. The molecule has 0 amide bonds. The molecule has 1 aliphatic heterocycles. The van der Waals surface area contributed by atoms with Gasteiger partial charge in [0.15, 0.2) is 0 Å². The van der Waals surface area contributed by atoms with Crippen LogP contribution in [-0.2, 0) is 0 Å².